The second-order valence-corrected chi connectivity index (χ2v) is 6.60. The molecule has 1 amide bonds. The Morgan fingerprint density at radius 1 is 1.14 bits per heavy atom. The molecule has 5 nitrogen and oxygen atoms in total. The van der Waals surface area contributed by atoms with E-state index in [4.69, 9.17) is 4.74 Å². The van der Waals surface area contributed by atoms with E-state index < -0.39 is 0 Å². The van der Waals surface area contributed by atoms with Gasteiger partial charge in [-0.15, -0.1) is 0 Å². The van der Waals surface area contributed by atoms with E-state index in [2.05, 4.69) is 10.4 Å². The van der Waals surface area contributed by atoms with Crippen molar-refractivity contribution in [3.8, 4) is 5.75 Å². The molecule has 112 valence electrons. The number of amidine groups is 1. The number of amides is 1. The summed E-state index contributed by atoms with van der Waals surface area (Å²) in [5.74, 6) is 0.868. The molecular formula is C16H15N3O2Se. The first kappa shape index (κ1) is 14.6. The number of benzene rings is 2. The number of hydrogen-bond donors (Lipinski definition) is 1. The number of rotatable bonds is 3. The summed E-state index contributed by atoms with van der Waals surface area (Å²) < 4.78 is 5.97. The molecule has 0 aliphatic carbocycles. The molecule has 1 saturated heterocycles. The second-order valence-electron chi connectivity index (χ2n) is 4.58. The van der Waals surface area contributed by atoms with Crippen LogP contribution in [0.25, 0.3) is 0 Å². The van der Waals surface area contributed by atoms with Gasteiger partial charge in [0.25, 0.3) is 0 Å². The van der Waals surface area contributed by atoms with Crippen LogP contribution in [0.4, 0.5) is 11.4 Å². The summed E-state index contributed by atoms with van der Waals surface area (Å²) >= 11 is 0.0162. The molecule has 1 N–H and O–H groups in total. The average molecular weight is 360 g/mol. The summed E-state index contributed by atoms with van der Waals surface area (Å²) in [6, 6.07) is 17.1. The summed E-state index contributed by atoms with van der Waals surface area (Å²) in [6.45, 7) is 0. The van der Waals surface area contributed by atoms with Crippen LogP contribution in [0.5, 0.6) is 5.75 Å². The number of anilines is 1. The first-order valence-corrected chi connectivity index (χ1v) is 8.83. The van der Waals surface area contributed by atoms with Crippen LogP contribution in [-0.2, 0) is 4.79 Å². The van der Waals surface area contributed by atoms with Crippen molar-refractivity contribution in [2.24, 2.45) is 4.99 Å². The van der Waals surface area contributed by atoms with Crippen LogP contribution in [0.15, 0.2) is 59.6 Å². The fraction of sp³-hybridized carbons (Fsp3) is 0.125. The Kier molecular flexibility index (Phi) is 4.42. The van der Waals surface area contributed by atoms with E-state index in [-0.39, 0.29) is 20.9 Å². The van der Waals surface area contributed by atoms with Gasteiger partial charge in [-0.05, 0) is 0 Å². The predicted octanol–water partition coefficient (Wildman–Crippen LogP) is 2.36. The molecule has 3 rings (SSSR count). The second kappa shape index (κ2) is 6.64. The van der Waals surface area contributed by atoms with Gasteiger partial charge in [-0.1, -0.05) is 0 Å². The molecule has 2 aromatic rings. The average Bonchev–Trinajstić information content (AvgIpc) is 2.58. The van der Waals surface area contributed by atoms with Crippen molar-refractivity contribution in [2.45, 2.75) is 5.32 Å². The number of carbonyl (C=O) groups is 1. The Hall–Kier alpha value is -2.30. The molecule has 1 heterocycles. The van der Waals surface area contributed by atoms with Crippen molar-refractivity contribution in [3.63, 3.8) is 0 Å². The van der Waals surface area contributed by atoms with E-state index in [1.54, 1.807) is 12.1 Å². The Morgan fingerprint density at radius 2 is 1.86 bits per heavy atom. The predicted molar refractivity (Wildman–Crippen MR) is 87.7 cm³/mol. The maximum atomic E-state index is 12.1. The number of ether oxygens (including phenoxy) is 1. The zero-order valence-corrected chi connectivity index (χ0v) is 13.7. The Morgan fingerprint density at radius 3 is 2.55 bits per heavy atom. The standard InChI is InChI=1S/C16H15N3O2Se/c1-21-14-9-7-12(8-10-14)17-16-18-19(15(20)11-22-16)13-5-3-2-4-6-13/h2-10H,11H2,1H3,(H,17,18). The van der Waals surface area contributed by atoms with Gasteiger partial charge in [-0.25, -0.2) is 0 Å². The van der Waals surface area contributed by atoms with Crippen LogP contribution in [0.1, 0.15) is 0 Å². The number of hydrogen-bond acceptors (Lipinski definition) is 3. The molecule has 6 heteroatoms. The van der Waals surface area contributed by atoms with Crippen LogP contribution in [-0.4, -0.2) is 32.7 Å². The fourth-order valence-corrected chi connectivity index (χ4v) is 3.50. The summed E-state index contributed by atoms with van der Waals surface area (Å²) in [4.78, 5) is 16.7. The summed E-state index contributed by atoms with van der Waals surface area (Å²) in [6.07, 6.45) is 0. The van der Waals surface area contributed by atoms with E-state index in [1.165, 1.54) is 0 Å². The van der Waals surface area contributed by atoms with Crippen molar-refractivity contribution in [1.29, 1.82) is 0 Å². The van der Waals surface area contributed by atoms with Gasteiger partial charge in [0.15, 0.2) is 0 Å². The number of para-hydroxylation sites is 1. The van der Waals surface area contributed by atoms with E-state index >= 15 is 0 Å². The number of hydrazine groups is 1. The number of carbonyl (C=O) groups excluding carboxylic acids is 1. The Bertz CT molecular complexity index is 686. The summed E-state index contributed by atoms with van der Waals surface area (Å²) in [5.41, 5.74) is 4.79. The molecule has 1 aliphatic rings. The van der Waals surface area contributed by atoms with Gasteiger partial charge >= 0.3 is 135 Å². The molecule has 0 saturated carbocycles. The third-order valence-corrected chi connectivity index (χ3v) is 4.88. The van der Waals surface area contributed by atoms with Crippen molar-refractivity contribution in [2.75, 3.05) is 12.1 Å². The minimum absolute atomic E-state index is 0.0162. The maximum absolute atomic E-state index is 12.1. The number of aliphatic imine (C=N–C) groups is 1. The van der Waals surface area contributed by atoms with Crippen LogP contribution < -0.4 is 15.2 Å². The van der Waals surface area contributed by atoms with Crippen LogP contribution in [0, 0.1) is 0 Å². The topological polar surface area (TPSA) is 53.9 Å². The van der Waals surface area contributed by atoms with Crippen molar-refractivity contribution < 1.29 is 9.53 Å². The van der Waals surface area contributed by atoms with Crippen LogP contribution in [0.2, 0.25) is 5.32 Å². The van der Waals surface area contributed by atoms with Gasteiger partial charge in [0.1, 0.15) is 0 Å². The SMILES string of the molecule is COc1ccc(N=C2NN(c3ccccc3)C(=O)C[Se]2)cc1. The Balaban J connectivity index is 1.80. The molecule has 0 atom stereocenters. The van der Waals surface area contributed by atoms with E-state index in [0.29, 0.717) is 5.32 Å². The number of nitrogens with one attached hydrogen (secondary N) is 1. The van der Waals surface area contributed by atoms with E-state index in [1.807, 2.05) is 54.6 Å². The Labute approximate surface area is 135 Å². The third-order valence-electron chi connectivity index (χ3n) is 3.11. The van der Waals surface area contributed by atoms with Gasteiger partial charge in [-0.2, -0.15) is 0 Å². The molecule has 2 aromatic carbocycles. The summed E-state index contributed by atoms with van der Waals surface area (Å²) in [7, 11) is 1.63. The number of methoxy groups -OCH3 is 1. The first-order chi connectivity index (χ1) is 10.8. The zero-order valence-electron chi connectivity index (χ0n) is 12.0. The van der Waals surface area contributed by atoms with Crippen molar-refractivity contribution in [1.82, 2.24) is 5.43 Å². The normalized spacial score (nSPS) is 16.5. The van der Waals surface area contributed by atoms with Crippen molar-refractivity contribution in [3.05, 3.63) is 54.6 Å². The molecule has 1 fully saturated rings. The number of nitrogens with zero attached hydrogens (tertiary/aromatic N) is 2. The quantitative estimate of drug-likeness (QED) is 0.855. The molecule has 22 heavy (non-hydrogen) atoms. The van der Waals surface area contributed by atoms with Gasteiger partial charge < -0.3 is 0 Å². The fourth-order valence-electron chi connectivity index (χ4n) is 2.00. The molecule has 1 aliphatic heterocycles. The van der Waals surface area contributed by atoms with E-state index in [0.717, 1.165) is 21.9 Å². The molecule has 0 radical (unpaired) electrons. The molecule has 0 bridgehead atoms. The van der Waals surface area contributed by atoms with Gasteiger partial charge in [0.05, 0.1) is 0 Å². The van der Waals surface area contributed by atoms with Gasteiger partial charge in [-0.3, -0.25) is 0 Å². The minimum atomic E-state index is 0.0162. The van der Waals surface area contributed by atoms with Gasteiger partial charge in [0, 0.05) is 0 Å². The summed E-state index contributed by atoms with van der Waals surface area (Å²) in [5, 5.41) is 2.07. The zero-order chi connectivity index (χ0) is 15.4. The molecule has 0 spiro atoms. The molecule has 0 unspecified atom stereocenters. The monoisotopic (exact) mass is 361 g/mol. The van der Waals surface area contributed by atoms with E-state index in [9.17, 15) is 4.79 Å². The van der Waals surface area contributed by atoms with Crippen LogP contribution >= 0.6 is 0 Å². The molecule has 0 aromatic heterocycles. The van der Waals surface area contributed by atoms with Gasteiger partial charge in [0.2, 0.25) is 0 Å². The van der Waals surface area contributed by atoms with Crippen LogP contribution in [0.3, 0.4) is 0 Å². The first-order valence-electron chi connectivity index (χ1n) is 6.76. The third kappa shape index (κ3) is 3.30. The molecular weight excluding hydrogens is 345 g/mol. The van der Waals surface area contributed by atoms with Crippen molar-refractivity contribution >= 4 is 37.0 Å².